The van der Waals surface area contributed by atoms with Gasteiger partial charge in [0.15, 0.2) is 6.61 Å². The number of carbonyl (C=O) groups is 2. The van der Waals surface area contributed by atoms with Gasteiger partial charge < -0.3 is 15.0 Å². The number of ether oxygens (including phenoxy) is 1. The zero-order valence-corrected chi connectivity index (χ0v) is 22.6. The highest BCUT2D eigenvalue weighted by Gasteiger charge is 2.31. The van der Waals surface area contributed by atoms with E-state index in [9.17, 15) is 22.4 Å². The Balaban J connectivity index is 1.40. The number of nitrogens with one attached hydrogen (secondary N) is 1. The lowest BCUT2D eigenvalue weighted by atomic mass is 10.2. The summed E-state index contributed by atoms with van der Waals surface area (Å²) >= 11 is 12.2. The van der Waals surface area contributed by atoms with Crippen LogP contribution in [0, 0.1) is 12.7 Å². The highest BCUT2D eigenvalue weighted by Crippen LogP contribution is 2.28. The summed E-state index contributed by atoms with van der Waals surface area (Å²) in [6.45, 7) is 2.34. The van der Waals surface area contributed by atoms with E-state index in [1.54, 1.807) is 37.3 Å². The Morgan fingerprint density at radius 1 is 0.974 bits per heavy atom. The van der Waals surface area contributed by atoms with Crippen molar-refractivity contribution in [3.63, 3.8) is 0 Å². The van der Waals surface area contributed by atoms with Crippen molar-refractivity contribution in [2.24, 2.45) is 0 Å². The van der Waals surface area contributed by atoms with Crippen LogP contribution in [0.1, 0.15) is 15.9 Å². The lowest BCUT2D eigenvalue weighted by Gasteiger charge is -2.35. The van der Waals surface area contributed by atoms with Crippen molar-refractivity contribution >= 4 is 56.5 Å². The maximum absolute atomic E-state index is 13.3. The number of esters is 1. The van der Waals surface area contributed by atoms with Crippen molar-refractivity contribution in [1.82, 2.24) is 4.31 Å². The van der Waals surface area contributed by atoms with E-state index in [4.69, 9.17) is 27.9 Å². The lowest BCUT2D eigenvalue weighted by Crippen LogP contribution is -2.48. The third-order valence-corrected chi connectivity index (χ3v) is 8.64. The van der Waals surface area contributed by atoms with Crippen LogP contribution in [0.5, 0.6) is 0 Å². The fourth-order valence-electron chi connectivity index (χ4n) is 3.94. The summed E-state index contributed by atoms with van der Waals surface area (Å²) in [4.78, 5) is 26.6. The first-order valence-corrected chi connectivity index (χ1v) is 13.8. The van der Waals surface area contributed by atoms with Crippen LogP contribution in [-0.4, -0.2) is 57.4 Å². The zero-order chi connectivity index (χ0) is 27.4. The molecule has 1 amide bonds. The SMILES string of the molecule is Cc1ccc(Cl)cc1NC(=O)COC(=O)c1ccc(Cl)c(S(=O)(=O)N2CCN(c3ccc(F)cc3)CC2)c1. The summed E-state index contributed by atoms with van der Waals surface area (Å²) in [6.07, 6.45) is 0. The van der Waals surface area contributed by atoms with E-state index in [2.05, 4.69) is 5.32 Å². The van der Waals surface area contributed by atoms with Gasteiger partial charge in [0.2, 0.25) is 10.0 Å². The molecule has 0 saturated carbocycles. The van der Waals surface area contributed by atoms with Gasteiger partial charge in [0, 0.05) is 42.6 Å². The maximum Gasteiger partial charge on any atom is 0.338 e. The van der Waals surface area contributed by atoms with Gasteiger partial charge in [0.05, 0.1) is 10.6 Å². The summed E-state index contributed by atoms with van der Waals surface area (Å²) < 4.78 is 46.3. The zero-order valence-electron chi connectivity index (χ0n) is 20.3. The van der Waals surface area contributed by atoms with Crippen LogP contribution >= 0.6 is 23.2 Å². The third-order valence-electron chi connectivity index (χ3n) is 6.02. The molecule has 1 N–H and O–H groups in total. The van der Waals surface area contributed by atoms with E-state index in [1.165, 1.54) is 28.6 Å². The van der Waals surface area contributed by atoms with Gasteiger partial charge in [-0.05, 0) is 67.1 Å². The number of piperazine rings is 1. The largest absolute Gasteiger partial charge is 0.452 e. The number of rotatable bonds is 7. The molecule has 3 aromatic rings. The van der Waals surface area contributed by atoms with E-state index < -0.39 is 28.5 Å². The number of nitrogens with zero attached hydrogens (tertiary/aromatic N) is 2. The van der Waals surface area contributed by atoms with E-state index >= 15 is 0 Å². The summed E-state index contributed by atoms with van der Waals surface area (Å²) in [5.41, 5.74) is 1.99. The van der Waals surface area contributed by atoms with Gasteiger partial charge in [0.1, 0.15) is 10.7 Å². The van der Waals surface area contributed by atoms with Crippen molar-refractivity contribution in [1.29, 1.82) is 0 Å². The molecule has 38 heavy (non-hydrogen) atoms. The molecule has 0 aromatic heterocycles. The minimum absolute atomic E-state index is 0.0447. The second-order valence-corrected chi connectivity index (χ2v) is 11.3. The first-order valence-electron chi connectivity index (χ1n) is 11.6. The average Bonchev–Trinajstić information content (AvgIpc) is 2.90. The number of aryl methyl sites for hydroxylation is 1. The molecule has 200 valence electrons. The molecule has 4 rings (SSSR count). The number of sulfonamides is 1. The van der Waals surface area contributed by atoms with Crippen LogP contribution in [0.3, 0.4) is 0 Å². The summed E-state index contributed by atoms with van der Waals surface area (Å²) in [5.74, 6) is -1.80. The fourth-order valence-corrected chi connectivity index (χ4v) is 6.03. The third kappa shape index (κ3) is 6.44. The highest BCUT2D eigenvalue weighted by atomic mass is 35.5. The summed E-state index contributed by atoms with van der Waals surface area (Å²) in [6, 6.07) is 14.8. The number of hydrogen-bond acceptors (Lipinski definition) is 6. The molecular formula is C26H24Cl2FN3O5S. The van der Waals surface area contributed by atoms with Crippen LogP contribution in [0.25, 0.3) is 0 Å². The second-order valence-electron chi connectivity index (χ2n) is 8.60. The normalized spacial score (nSPS) is 14.3. The summed E-state index contributed by atoms with van der Waals surface area (Å²) in [7, 11) is -4.03. The number of halogens is 3. The lowest BCUT2D eigenvalue weighted by molar-refractivity contribution is -0.119. The van der Waals surface area contributed by atoms with Crippen molar-refractivity contribution in [3.8, 4) is 0 Å². The van der Waals surface area contributed by atoms with Crippen molar-refractivity contribution in [2.45, 2.75) is 11.8 Å². The van der Waals surface area contributed by atoms with Gasteiger partial charge in [-0.1, -0.05) is 29.3 Å². The molecule has 0 aliphatic carbocycles. The molecule has 8 nitrogen and oxygen atoms in total. The first-order chi connectivity index (χ1) is 18.0. The molecule has 1 heterocycles. The van der Waals surface area contributed by atoms with Gasteiger partial charge in [-0.25, -0.2) is 17.6 Å². The Morgan fingerprint density at radius 3 is 2.34 bits per heavy atom. The number of hydrogen-bond donors (Lipinski definition) is 1. The van der Waals surface area contributed by atoms with Crippen LogP contribution in [-0.2, 0) is 19.6 Å². The predicted octanol–water partition coefficient (Wildman–Crippen LogP) is 4.75. The van der Waals surface area contributed by atoms with E-state index in [0.29, 0.717) is 23.8 Å². The van der Waals surface area contributed by atoms with Crippen LogP contribution in [0.15, 0.2) is 65.6 Å². The summed E-state index contributed by atoms with van der Waals surface area (Å²) in [5, 5.41) is 3.01. The molecule has 3 aromatic carbocycles. The van der Waals surface area contributed by atoms with Gasteiger partial charge in [-0.3, -0.25) is 4.79 Å². The number of amides is 1. The van der Waals surface area contributed by atoms with E-state index in [1.807, 2.05) is 4.90 Å². The van der Waals surface area contributed by atoms with Crippen molar-refractivity contribution < 1.29 is 27.1 Å². The van der Waals surface area contributed by atoms with Gasteiger partial charge >= 0.3 is 5.97 Å². The molecule has 12 heteroatoms. The van der Waals surface area contributed by atoms with Crippen molar-refractivity contribution in [2.75, 3.05) is 43.0 Å². The molecule has 0 atom stereocenters. The molecule has 1 aliphatic heterocycles. The molecule has 0 spiro atoms. The molecular weight excluding hydrogens is 556 g/mol. The fraction of sp³-hybridized carbons (Fsp3) is 0.231. The van der Waals surface area contributed by atoms with Gasteiger partial charge in [-0.15, -0.1) is 0 Å². The molecule has 1 saturated heterocycles. The van der Waals surface area contributed by atoms with Crippen molar-refractivity contribution in [3.05, 3.63) is 87.7 Å². The van der Waals surface area contributed by atoms with Crippen LogP contribution in [0.4, 0.5) is 15.8 Å². The number of anilines is 2. The monoisotopic (exact) mass is 579 g/mol. The highest BCUT2D eigenvalue weighted by molar-refractivity contribution is 7.89. The Labute approximate surface area is 229 Å². The number of benzene rings is 3. The predicted molar refractivity (Wildman–Crippen MR) is 144 cm³/mol. The van der Waals surface area contributed by atoms with Crippen LogP contribution < -0.4 is 10.2 Å². The molecule has 1 fully saturated rings. The minimum atomic E-state index is -4.03. The van der Waals surface area contributed by atoms with E-state index in [0.717, 1.165) is 17.3 Å². The Morgan fingerprint density at radius 2 is 1.66 bits per heavy atom. The van der Waals surface area contributed by atoms with E-state index in [-0.39, 0.29) is 34.4 Å². The van der Waals surface area contributed by atoms with Crippen LogP contribution in [0.2, 0.25) is 10.0 Å². The molecule has 1 aliphatic rings. The first kappa shape index (κ1) is 27.8. The Bertz CT molecular complexity index is 1460. The maximum atomic E-state index is 13.3. The standard InChI is InChI=1S/C26H24Cl2FN3O5S/c1-17-2-4-19(27)15-23(17)30-25(33)16-37-26(34)18-3-9-22(28)24(14-18)38(35,36)32-12-10-31(11-13-32)21-7-5-20(29)6-8-21/h2-9,14-15H,10-13,16H2,1H3,(H,30,33). The Hall–Kier alpha value is -3.18. The second kappa shape index (κ2) is 11.7. The van der Waals surface area contributed by atoms with Gasteiger partial charge in [-0.2, -0.15) is 4.31 Å². The molecule has 0 unspecified atom stereocenters. The average molecular weight is 580 g/mol. The number of carbonyl (C=O) groups excluding carboxylic acids is 2. The minimum Gasteiger partial charge on any atom is -0.452 e. The topological polar surface area (TPSA) is 96.0 Å². The molecule has 0 radical (unpaired) electrons. The Kier molecular flexibility index (Phi) is 8.57. The molecule has 0 bridgehead atoms. The smallest absolute Gasteiger partial charge is 0.338 e. The van der Waals surface area contributed by atoms with Gasteiger partial charge in [0.25, 0.3) is 5.91 Å². The quantitative estimate of drug-likeness (QED) is 0.406.